The molecule has 5 heteroatoms. The SMILES string of the molecule is CCCn1c(CBr)nnc1-c1ccc(Cl)cc1C. The van der Waals surface area contributed by atoms with Gasteiger partial charge in [-0.2, -0.15) is 0 Å². The van der Waals surface area contributed by atoms with Crippen LogP contribution in [0.15, 0.2) is 18.2 Å². The van der Waals surface area contributed by atoms with Crippen LogP contribution in [0.1, 0.15) is 24.7 Å². The van der Waals surface area contributed by atoms with E-state index in [9.17, 15) is 0 Å². The molecule has 0 spiro atoms. The van der Waals surface area contributed by atoms with Crippen LogP contribution in [0.2, 0.25) is 5.02 Å². The van der Waals surface area contributed by atoms with E-state index < -0.39 is 0 Å². The maximum atomic E-state index is 5.99. The van der Waals surface area contributed by atoms with E-state index in [1.165, 1.54) is 0 Å². The van der Waals surface area contributed by atoms with Gasteiger partial charge in [0.05, 0.1) is 5.33 Å². The number of alkyl halides is 1. The zero-order valence-corrected chi connectivity index (χ0v) is 12.8. The topological polar surface area (TPSA) is 30.7 Å². The highest BCUT2D eigenvalue weighted by Gasteiger charge is 2.14. The molecular formula is C13H15BrClN3. The Kier molecular flexibility index (Phi) is 4.40. The van der Waals surface area contributed by atoms with Gasteiger partial charge in [-0.25, -0.2) is 0 Å². The van der Waals surface area contributed by atoms with Gasteiger partial charge in [0.2, 0.25) is 0 Å². The smallest absolute Gasteiger partial charge is 0.164 e. The van der Waals surface area contributed by atoms with Gasteiger partial charge >= 0.3 is 0 Å². The van der Waals surface area contributed by atoms with Crippen LogP contribution in [0.25, 0.3) is 11.4 Å². The molecule has 3 nitrogen and oxygen atoms in total. The van der Waals surface area contributed by atoms with Crippen molar-refractivity contribution < 1.29 is 0 Å². The van der Waals surface area contributed by atoms with Gasteiger partial charge in [-0.05, 0) is 37.1 Å². The minimum Gasteiger partial charge on any atom is -0.310 e. The summed E-state index contributed by atoms with van der Waals surface area (Å²) in [4.78, 5) is 0. The van der Waals surface area contributed by atoms with Gasteiger partial charge < -0.3 is 4.57 Å². The summed E-state index contributed by atoms with van der Waals surface area (Å²) in [6, 6.07) is 5.85. The third-order valence-corrected chi connectivity index (χ3v) is 3.56. The first kappa shape index (κ1) is 13.6. The van der Waals surface area contributed by atoms with Crippen LogP contribution in [0.4, 0.5) is 0 Å². The summed E-state index contributed by atoms with van der Waals surface area (Å²) in [6.45, 7) is 5.11. The molecule has 0 atom stereocenters. The van der Waals surface area contributed by atoms with Crippen LogP contribution in [0.3, 0.4) is 0 Å². The minimum absolute atomic E-state index is 0.715. The third kappa shape index (κ3) is 2.59. The van der Waals surface area contributed by atoms with E-state index >= 15 is 0 Å². The van der Waals surface area contributed by atoms with Crippen molar-refractivity contribution in [3.63, 3.8) is 0 Å². The number of hydrogen-bond donors (Lipinski definition) is 0. The van der Waals surface area contributed by atoms with E-state index in [2.05, 4.69) is 37.6 Å². The molecule has 2 rings (SSSR count). The maximum absolute atomic E-state index is 5.99. The number of rotatable bonds is 4. The van der Waals surface area contributed by atoms with Crippen molar-refractivity contribution in [2.24, 2.45) is 0 Å². The number of aryl methyl sites for hydroxylation is 1. The van der Waals surface area contributed by atoms with Gasteiger partial charge in [-0.1, -0.05) is 34.5 Å². The van der Waals surface area contributed by atoms with Crippen molar-refractivity contribution in [3.05, 3.63) is 34.6 Å². The molecule has 96 valence electrons. The van der Waals surface area contributed by atoms with Crippen molar-refractivity contribution in [2.75, 3.05) is 0 Å². The van der Waals surface area contributed by atoms with Crippen molar-refractivity contribution >= 4 is 27.5 Å². The van der Waals surface area contributed by atoms with Gasteiger partial charge in [-0.15, -0.1) is 10.2 Å². The van der Waals surface area contributed by atoms with E-state index in [-0.39, 0.29) is 0 Å². The van der Waals surface area contributed by atoms with Crippen molar-refractivity contribution in [2.45, 2.75) is 32.1 Å². The van der Waals surface area contributed by atoms with Crippen LogP contribution in [0, 0.1) is 6.92 Å². The molecule has 1 heterocycles. The van der Waals surface area contributed by atoms with Gasteiger partial charge in [-0.3, -0.25) is 0 Å². The Balaban J connectivity index is 2.52. The number of benzene rings is 1. The summed E-state index contributed by atoms with van der Waals surface area (Å²) in [5, 5.41) is 10.00. The summed E-state index contributed by atoms with van der Waals surface area (Å²) in [6.07, 6.45) is 1.05. The molecule has 0 aliphatic heterocycles. The van der Waals surface area contributed by atoms with E-state index in [1.54, 1.807) is 0 Å². The summed E-state index contributed by atoms with van der Waals surface area (Å²) in [7, 11) is 0. The second kappa shape index (κ2) is 5.85. The summed E-state index contributed by atoms with van der Waals surface area (Å²) in [5.74, 6) is 1.88. The molecule has 0 fully saturated rings. The molecule has 1 aromatic heterocycles. The van der Waals surface area contributed by atoms with Crippen LogP contribution in [-0.4, -0.2) is 14.8 Å². The molecular weight excluding hydrogens is 314 g/mol. The number of aromatic nitrogens is 3. The monoisotopic (exact) mass is 327 g/mol. The fraction of sp³-hybridized carbons (Fsp3) is 0.385. The highest BCUT2D eigenvalue weighted by Crippen LogP contribution is 2.25. The molecule has 0 bridgehead atoms. The Labute approximate surface area is 120 Å². The molecule has 0 radical (unpaired) electrons. The molecule has 0 saturated heterocycles. The molecule has 1 aromatic carbocycles. The van der Waals surface area contributed by atoms with Gasteiger partial charge in [0.1, 0.15) is 5.82 Å². The van der Waals surface area contributed by atoms with E-state index in [0.717, 1.165) is 40.8 Å². The lowest BCUT2D eigenvalue weighted by Gasteiger charge is -2.10. The lowest BCUT2D eigenvalue weighted by atomic mass is 10.1. The van der Waals surface area contributed by atoms with Crippen molar-refractivity contribution in [1.29, 1.82) is 0 Å². The van der Waals surface area contributed by atoms with Gasteiger partial charge in [0, 0.05) is 17.1 Å². The lowest BCUT2D eigenvalue weighted by molar-refractivity contribution is 0.661. The lowest BCUT2D eigenvalue weighted by Crippen LogP contribution is -2.04. The highest BCUT2D eigenvalue weighted by atomic mass is 79.9. The standard InChI is InChI=1S/C13H15BrClN3/c1-3-6-18-12(8-14)16-17-13(18)11-5-4-10(15)7-9(11)2/h4-5,7H,3,6,8H2,1-2H3. The second-order valence-corrected chi connectivity index (χ2v) is 5.18. The fourth-order valence-electron chi connectivity index (χ4n) is 1.97. The van der Waals surface area contributed by atoms with Crippen molar-refractivity contribution in [3.8, 4) is 11.4 Å². The van der Waals surface area contributed by atoms with Gasteiger partial charge in [0.15, 0.2) is 5.82 Å². The third-order valence-electron chi connectivity index (χ3n) is 2.82. The normalized spacial score (nSPS) is 10.9. The average Bonchev–Trinajstić information content (AvgIpc) is 2.73. The summed E-state index contributed by atoms with van der Waals surface area (Å²) >= 11 is 9.44. The van der Waals surface area contributed by atoms with Crippen molar-refractivity contribution in [1.82, 2.24) is 14.8 Å². The quantitative estimate of drug-likeness (QED) is 0.787. The Hall–Kier alpha value is -0.870. The summed E-state index contributed by atoms with van der Waals surface area (Å²) < 4.78 is 2.16. The predicted molar refractivity (Wildman–Crippen MR) is 78.1 cm³/mol. The van der Waals surface area contributed by atoms with E-state index in [4.69, 9.17) is 11.6 Å². The first-order valence-electron chi connectivity index (χ1n) is 5.92. The van der Waals surface area contributed by atoms with Crippen LogP contribution >= 0.6 is 27.5 Å². The molecule has 0 unspecified atom stereocenters. The number of halogens is 2. The molecule has 2 aromatic rings. The zero-order chi connectivity index (χ0) is 13.1. The number of nitrogens with zero attached hydrogens (tertiary/aromatic N) is 3. The van der Waals surface area contributed by atoms with Crippen LogP contribution in [0.5, 0.6) is 0 Å². The van der Waals surface area contributed by atoms with Gasteiger partial charge in [0.25, 0.3) is 0 Å². The number of hydrogen-bond acceptors (Lipinski definition) is 2. The Bertz CT molecular complexity index is 551. The van der Waals surface area contributed by atoms with E-state index in [0.29, 0.717) is 5.33 Å². The first-order valence-corrected chi connectivity index (χ1v) is 7.42. The fourth-order valence-corrected chi connectivity index (χ4v) is 2.61. The Morgan fingerprint density at radius 1 is 1.33 bits per heavy atom. The molecule has 0 amide bonds. The second-order valence-electron chi connectivity index (χ2n) is 4.18. The average molecular weight is 329 g/mol. The van der Waals surface area contributed by atoms with Crippen LogP contribution < -0.4 is 0 Å². The molecule has 0 N–H and O–H groups in total. The van der Waals surface area contributed by atoms with E-state index in [1.807, 2.05) is 25.1 Å². The molecule has 0 aliphatic carbocycles. The first-order chi connectivity index (χ1) is 8.67. The Morgan fingerprint density at radius 2 is 2.11 bits per heavy atom. The maximum Gasteiger partial charge on any atom is 0.164 e. The Morgan fingerprint density at radius 3 is 2.72 bits per heavy atom. The molecule has 18 heavy (non-hydrogen) atoms. The van der Waals surface area contributed by atoms with Crippen LogP contribution in [-0.2, 0) is 11.9 Å². The molecule has 0 saturated carbocycles. The predicted octanol–water partition coefficient (Wildman–Crippen LogP) is 4.21. The largest absolute Gasteiger partial charge is 0.310 e. The molecule has 0 aliphatic rings. The summed E-state index contributed by atoms with van der Waals surface area (Å²) in [5.41, 5.74) is 2.21. The minimum atomic E-state index is 0.715. The highest BCUT2D eigenvalue weighted by molar-refractivity contribution is 9.08. The zero-order valence-electron chi connectivity index (χ0n) is 10.5.